The molecule has 5 heteroatoms. The first-order valence-electron chi connectivity index (χ1n) is 7.68. The summed E-state index contributed by atoms with van der Waals surface area (Å²) in [5.41, 5.74) is 2.83. The number of aryl methyl sites for hydroxylation is 1. The predicted octanol–water partition coefficient (Wildman–Crippen LogP) is 2.77. The van der Waals surface area contributed by atoms with Crippen LogP contribution < -0.4 is 9.47 Å². The van der Waals surface area contributed by atoms with Gasteiger partial charge in [0.1, 0.15) is 11.6 Å². The molecule has 0 aliphatic rings. The number of hydrogen-bond acceptors (Lipinski definition) is 4. The highest BCUT2D eigenvalue weighted by atomic mass is 16.1. The van der Waals surface area contributed by atoms with Gasteiger partial charge in [-0.2, -0.15) is 9.83 Å². The number of nitriles is 1. The van der Waals surface area contributed by atoms with E-state index in [0.717, 1.165) is 11.3 Å². The van der Waals surface area contributed by atoms with Gasteiger partial charge in [0.25, 0.3) is 11.5 Å². The van der Waals surface area contributed by atoms with Gasteiger partial charge >= 0.3 is 0 Å². The molecule has 5 nitrogen and oxygen atoms in total. The van der Waals surface area contributed by atoms with Crippen LogP contribution in [0.5, 0.6) is 0 Å². The van der Waals surface area contributed by atoms with Gasteiger partial charge in [-0.15, -0.1) is 0 Å². The minimum atomic E-state index is -0.231. The fraction of sp³-hybridized carbons (Fsp3) is 0.150. The third-order valence-electron chi connectivity index (χ3n) is 3.69. The summed E-state index contributed by atoms with van der Waals surface area (Å²) in [5.74, 6) is 1.82. The third-order valence-corrected chi connectivity index (χ3v) is 3.69. The zero-order valence-corrected chi connectivity index (χ0v) is 14.4. The number of aromatic nitrogens is 1. The van der Waals surface area contributed by atoms with Crippen molar-refractivity contribution < 1.29 is 9.36 Å². The molecule has 124 valence electrons. The van der Waals surface area contributed by atoms with E-state index in [1.165, 1.54) is 6.08 Å². The maximum Gasteiger partial charge on any atom is 0.260 e. The molecule has 2 aromatic rings. The van der Waals surface area contributed by atoms with Crippen LogP contribution in [0.25, 0.3) is 5.70 Å². The molecule has 0 fully saturated rings. The van der Waals surface area contributed by atoms with Crippen molar-refractivity contribution in [2.24, 2.45) is 0 Å². The van der Waals surface area contributed by atoms with Crippen molar-refractivity contribution in [1.29, 1.82) is 10.7 Å². The van der Waals surface area contributed by atoms with Crippen LogP contribution in [0.3, 0.4) is 0 Å². The molecule has 0 saturated heterocycles. The number of carbonyl (C=O) groups is 1. The maximum absolute atomic E-state index is 12.9. The number of nitrogens with one attached hydrogen (secondary N) is 1. The Morgan fingerprint density at radius 3 is 2.24 bits per heavy atom. The smallest absolute Gasteiger partial charge is 0.260 e. The topological polar surface area (TPSA) is 71.8 Å². The average molecular weight is 331 g/mol. The van der Waals surface area contributed by atoms with Crippen molar-refractivity contribution in [3.8, 4) is 6.07 Å². The van der Waals surface area contributed by atoms with Crippen molar-refractivity contribution in [2.45, 2.75) is 6.92 Å². The highest BCUT2D eigenvalue weighted by molar-refractivity contribution is 6.22. The van der Waals surface area contributed by atoms with Crippen LogP contribution in [-0.4, -0.2) is 25.7 Å². The molecule has 0 aliphatic heterocycles. The lowest BCUT2D eigenvalue weighted by atomic mass is 10.0. The lowest BCUT2D eigenvalue weighted by Crippen LogP contribution is -2.36. The highest BCUT2D eigenvalue weighted by Crippen LogP contribution is 2.13. The number of anilines is 1. The van der Waals surface area contributed by atoms with Crippen LogP contribution in [0.4, 0.5) is 5.69 Å². The van der Waals surface area contributed by atoms with E-state index in [2.05, 4.69) is 5.87 Å². The van der Waals surface area contributed by atoms with E-state index in [1.807, 2.05) is 56.3 Å². The molecule has 0 unspecified atom stereocenters. The zero-order valence-electron chi connectivity index (χ0n) is 14.4. The molecule has 0 saturated carbocycles. The fourth-order valence-corrected chi connectivity index (χ4v) is 2.22. The number of benzene rings is 1. The van der Waals surface area contributed by atoms with E-state index >= 15 is 0 Å². The molecule has 2 rings (SSSR count). The van der Waals surface area contributed by atoms with Gasteiger partial charge in [0.05, 0.1) is 0 Å². The first-order chi connectivity index (χ1) is 12.0. The number of Topliss-reactive ketones (excluding diaryl/α,β-unsaturated/α-hetero) is 1. The van der Waals surface area contributed by atoms with Gasteiger partial charge < -0.3 is 4.90 Å². The van der Waals surface area contributed by atoms with E-state index in [9.17, 15) is 4.79 Å². The molecule has 1 aromatic heterocycles. The van der Waals surface area contributed by atoms with Crippen LogP contribution in [0.1, 0.15) is 15.9 Å². The molecule has 25 heavy (non-hydrogen) atoms. The molecule has 0 amide bonds. The first-order valence-corrected chi connectivity index (χ1v) is 7.68. The summed E-state index contributed by atoms with van der Waals surface area (Å²) in [6.45, 7) is 1.95. The average Bonchev–Trinajstić information content (AvgIpc) is 2.63. The number of nitrogens with zero attached hydrogens (tertiary/aromatic N) is 3. The largest absolute Gasteiger partial charge is 0.377 e. The molecule has 1 heterocycles. The lowest BCUT2D eigenvalue weighted by Gasteiger charge is -2.10. The quantitative estimate of drug-likeness (QED) is 0.229. The standard InChI is InChI=1S/C20H19N4O/c1-15-4-6-17(7-5-15)20(25)19(12-16(13-21)14-22)24-10-8-18(9-11-24)23(2)3/h4-12,21H,1-3H3/q+1. The van der Waals surface area contributed by atoms with Crippen molar-refractivity contribution in [2.75, 3.05) is 19.0 Å². The monoisotopic (exact) mass is 331 g/mol. The molecule has 1 aromatic carbocycles. The van der Waals surface area contributed by atoms with Gasteiger partial charge in [-0.3, -0.25) is 10.2 Å². The zero-order chi connectivity index (χ0) is 18.4. The number of carbonyl (C=O) groups excluding carboxylic acids is 1. The summed E-state index contributed by atoms with van der Waals surface area (Å²) >= 11 is 0. The van der Waals surface area contributed by atoms with Crippen molar-refractivity contribution in [3.05, 3.63) is 71.6 Å². The molecular weight excluding hydrogens is 312 g/mol. The minimum absolute atomic E-state index is 0.0142. The van der Waals surface area contributed by atoms with Crippen LogP contribution in [-0.2, 0) is 0 Å². The summed E-state index contributed by atoms with van der Waals surface area (Å²) in [5, 5.41) is 16.3. The Morgan fingerprint density at radius 1 is 1.16 bits per heavy atom. The maximum atomic E-state index is 12.9. The van der Waals surface area contributed by atoms with Gasteiger partial charge in [0, 0.05) is 43.6 Å². The molecule has 0 radical (unpaired) electrons. The Kier molecular flexibility index (Phi) is 5.62. The van der Waals surface area contributed by atoms with Gasteiger partial charge in [0.15, 0.2) is 12.4 Å². The predicted molar refractivity (Wildman–Crippen MR) is 97.6 cm³/mol. The first kappa shape index (κ1) is 17.9. The number of rotatable bonds is 5. The third kappa shape index (κ3) is 4.29. The number of hydrogen-bond donors (Lipinski definition) is 1. The molecule has 0 spiro atoms. The Morgan fingerprint density at radius 2 is 1.76 bits per heavy atom. The number of ketones is 1. The number of pyridine rings is 1. The molecule has 0 atom stereocenters. The van der Waals surface area contributed by atoms with Crippen LogP contribution in [0.15, 0.2) is 60.4 Å². The summed E-state index contributed by atoms with van der Waals surface area (Å²) in [6, 6.07) is 12.8. The molecule has 0 aliphatic carbocycles. The van der Waals surface area contributed by atoms with Crippen molar-refractivity contribution in [3.63, 3.8) is 0 Å². The Bertz CT molecular complexity index is 894. The number of allylic oxidation sites excluding steroid dienone is 3. The minimum Gasteiger partial charge on any atom is -0.377 e. The van der Waals surface area contributed by atoms with Crippen molar-refractivity contribution >= 4 is 23.0 Å². The second kappa shape index (κ2) is 7.87. The van der Waals surface area contributed by atoms with Gasteiger partial charge in [-0.1, -0.05) is 29.8 Å². The Labute approximate surface area is 147 Å². The second-order valence-corrected chi connectivity index (χ2v) is 5.73. The lowest BCUT2D eigenvalue weighted by molar-refractivity contribution is -0.576. The van der Waals surface area contributed by atoms with Crippen LogP contribution in [0, 0.1) is 23.7 Å². The molecular formula is C20H19N4O+. The van der Waals surface area contributed by atoms with E-state index in [0.29, 0.717) is 5.56 Å². The normalized spacial score (nSPS) is 10.6. The molecule has 1 N–H and O–H groups in total. The van der Waals surface area contributed by atoms with E-state index in [4.69, 9.17) is 10.7 Å². The van der Waals surface area contributed by atoms with E-state index in [-0.39, 0.29) is 17.1 Å². The van der Waals surface area contributed by atoms with Gasteiger partial charge in [-0.25, -0.2) is 0 Å². The van der Waals surface area contributed by atoms with Crippen molar-refractivity contribution in [1.82, 2.24) is 0 Å². The SMILES string of the molecule is Cc1ccc(C(=O)C(=CC(=C=N)C#N)[n+]2ccc(N(C)C)cc2)cc1. The fourth-order valence-electron chi connectivity index (χ4n) is 2.22. The van der Waals surface area contributed by atoms with E-state index in [1.54, 1.807) is 29.1 Å². The molecule has 0 bridgehead atoms. The second-order valence-electron chi connectivity index (χ2n) is 5.73. The summed E-state index contributed by atoms with van der Waals surface area (Å²) in [7, 11) is 3.86. The Hall–Kier alpha value is -3.48. The highest BCUT2D eigenvalue weighted by Gasteiger charge is 2.22. The summed E-state index contributed by atoms with van der Waals surface area (Å²) < 4.78 is 1.64. The van der Waals surface area contributed by atoms with Gasteiger partial charge in [0.2, 0.25) is 0 Å². The van der Waals surface area contributed by atoms with Gasteiger partial charge in [-0.05, 0) is 12.8 Å². The Balaban J connectivity index is 2.54. The van der Waals surface area contributed by atoms with Crippen LogP contribution >= 0.6 is 0 Å². The summed E-state index contributed by atoms with van der Waals surface area (Å²) in [6.07, 6.45) is 4.89. The van der Waals surface area contributed by atoms with Crippen LogP contribution in [0.2, 0.25) is 0 Å². The summed E-state index contributed by atoms with van der Waals surface area (Å²) in [4.78, 5) is 14.9. The van der Waals surface area contributed by atoms with E-state index < -0.39 is 0 Å².